The number of ether oxygens (including phenoxy) is 3. The Morgan fingerprint density at radius 1 is 1.28 bits per heavy atom. The third-order valence-corrected chi connectivity index (χ3v) is 2.97. The van der Waals surface area contributed by atoms with Crippen molar-refractivity contribution >= 4 is 11.8 Å². The van der Waals surface area contributed by atoms with Crippen molar-refractivity contribution in [3.63, 3.8) is 0 Å². The topological polar surface area (TPSA) is 74.0 Å². The quantitative estimate of drug-likeness (QED) is 0.838. The van der Waals surface area contributed by atoms with Crippen LogP contribution in [0, 0.1) is 0 Å². The third-order valence-electron chi connectivity index (χ3n) is 2.97. The second-order valence-electron chi connectivity index (χ2n) is 4.18. The molecular weight excluding hydrogens is 236 g/mol. The van der Waals surface area contributed by atoms with Crippen LogP contribution < -0.4 is 20.1 Å². The van der Waals surface area contributed by atoms with Gasteiger partial charge in [0.25, 0.3) is 0 Å². The summed E-state index contributed by atoms with van der Waals surface area (Å²) in [6.45, 7) is 1.86. The lowest BCUT2D eigenvalue weighted by atomic mass is 10.2. The summed E-state index contributed by atoms with van der Waals surface area (Å²) in [4.78, 5) is 13.2. The van der Waals surface area contributed by atoms with E-state index in [9.17, 15) is 4.79 Å². The Bertz CT molecular complexity index is 477. The summed E-state index contributed by atoms with van der Waals surface area (Å²) in [7, 11) is 0. The lowest BCUT2D eigenvalue weighted by Crippen LogP contribution is -2.27. The summed E-state index contributed by atoms with van der Waals surface area (Å²) in [5, 5.41) is 0. The Morgan fingerprint density at radius 2 is 2.06 bits per heavy atom. The molecule has 0 spiro atoms. The van der Waals surface area contributed by atoms with Crippen LogP contribution in [-0.4, -0.2) is 38.5 Å². The minimum absolute atomic E-state index is 0.245. The Labute approximate surface area is 104 Å². The average Bonchev–Trinajstić information content (AvgIpc) is 2.79. The molecule has 96 valence electrons. The molecule has 0 bridgehead atoms. The predicted octanol–water partition coefficient (Wildman–Crippen LogP) is 0.742. The van der Waals surface area contributed by atoms with Crippen molar-refractivity contribution in [2.75, 3.05) is 31.2 Å². The van der Waals surface area contributed by atoms with E-state index in [1.54, 1.807) is 17.0 Å². The molecule has 0 unspecified atom stereocenters. The van der Waals surface area contributed by atoms with Gasteiger partial charge in [-0.2, -0.15) is 0 Å². The number of amides is 1. The zero-order valence-corrected chi connectivity index (χ0v) is 9.80. The molecule has 0 radical (unpaired) electrons. The fourth-order valence-corrected chi connectivity index (χ4v) is 2.06. The molecule has 0 saturated carbocycles. The van der Waals surface area contributed by atoms with Gasteiger partial charge in [-0.1, -0.05) is 0 Å². The number of benzene rings is 1. The standard InChI is InChI=1S/C12H14N2O4/c13-6-9-7-14(12(15)18-9)8-1-2-10-11(5-8)17-4-3-16-10/h1-2,5,9H,3-4,6-7,13H2/t9-/m0/s1. The highest BCUT2D eigenvalue weighted by atomic mass is 16.6. The molecular formula is C12H14N2O4. The number of anilines is 1. The van der Waals surface area contributed by atoms with Crippen LogP contribution in [0.2, 0.25) is 0 Å². The fourth-order valence-electron chi connectivity index (χ4n) is 2.06. The van der Waals surface area contributed by atoms with Crippen LogP contribution >= 0.6 is 0 Å². The molecule has 1 amide bonds. The average molecular weight is 250 g/mol. The summed E-state index contributed by atoms with van der Waals surface area (Å²) in [6.07, 6.45) is -0.618. The number of nitrogens with two attached hydrogens (primary N) is 1. The maximum absolute atomic E-state index is 11.7. The van der Waals surface area contributed by atoms with Gasteiger partial charge in [0.2, 0.25) is 0 Å². The van der Waals surface area contributed by atoms with Gasteiger partial charge in [0.1, 0.15) is 19.3 Å². The minimum atomic E-state index is -0.373. The SMILES string of the molecule is NC[C@H]1CN(c2ccc3c(c2)OCCO3)C(=O)O1. The molecule has 18 heavy (non-hydrogen) atoms. The van der Waals surface area contributed by atoms with Crippen molar-refractivity contribution in [1.29, 1.82) is 0 Å². The molecule has 1 saturated heterocycles. The van der Waals surface area contributed by atoms with Crippen LogP contribution in [0.5, 0.6) is 11.5 Å². The van der Waals surface area contributed by atoms with Gasteiger partial charge < -0.3 is 19.9 Å². The first-order valence-corrected chi connectivity index (χ1v) is 5.86. The van der Waals surface area contributed by atoms with Gasteiger partial charge in [-0.05, 0) is 12.1 Å². The lowest BCUT2D eigenvalue weighted by molar-refractivity contribution is 0.145. The third kappa shape index (κ3) is 1.84. The van der Waals surface area contributed by atoms with Crippen LogP contribution in [0.15, 0.2) is 18.2 Å². The highest BCUT2D eigenvalue weighted by molar-refractivity contribution is 5.90. The number of hydrogen-bond acceptors (Lipinski definition) is 5. The Hall–Kier alpha value is -1.95. The van der Waals surface area contributed by atoms with E-state index < -0.39 is 0 Å². The first kappa shape index (κ1) is 11.2. The number of cyclic esters (lactones) is 1. The van der Waals surface area contributed by atoms with Crippen molar-refractivity contribution in [2.45, 2.75) is 6.10 Å². The number of carbonyl (C=O) groups excluding carboxylic acids is 1. The molecule has 1 atom stereocenters. The highest BCUT2D eigenvalue weighted by Crippen LogP contribution is 2.35. The molecule has 2 N–H and O–H groups in total. The van der Waals surface area contributed by atoms with Crippen LogP contribution in [-0.2, 0) is 4.74 Å². The van der Waals surface area contributed by atoms with Crippen molar-refractivity contribution in [2.24, 2.45) is 5.73 Å². The molecule has 2 heterocycles. The zero-order chi connectivity index (χ0) is 12.5. The maximum Gasteiger partial charge on any atom is 0.414 e. The van der Waals surface area contributed by atoms with E-state index in [4.69, 9.17) is 19.9 Å². The van der Waals surface area contributed by atoms with Crippen LogP contribution in [0.4, 0.5) is 10.5 Å². The van der Waals surface area contributed by atoms with Gasteiger partial charge in [-0.3, -0.25) is 4.90 Å². The van der Waals surface area contributed by atoms with E-state index >= 15 is 0 Å². The van der Waals surface area contributed by atoms with E-state index in [0.717, 1.165) is 5.69 Å². The molecule has 0 aliphatic carbocycles. The largest absolute Gasteiger partial charge is 0.486 e. The van der Waals surface area contributed by atoms with Gasteiger partial charge in [0, 0.05) is 12.6 Å². The second-order valence-corrected chi connectivity index (χ2v) is 4.18. The monoisotopic (exact) mass is 250 g/mol. The normalized spacial score (nSPS) is 21.9. The lowest BCUT2D eigenvalue weighted by Gasteiger charge is -2.20. The molecule has 2 aliphatic heterocycles. The Morgan fingerprint density at radius 3 is 2.78 bits per heavy atom. The first-order chi connectivity index (χ1) is 8.78. The van der Waals surface area contributed by atoms with Gasteiger partial charge in [-0.15, -0.1) is 0 Å². The second kappa shape index (κ2) is 4.38. The predicted molar refractivity (Wildman–Crippen MR) is 64.1 cm³/mol. The fraction of sp³-hybridized carbons (Fsp3) is 0.417. The summed E-state index contributed by atoms with van der Waals surface area (Å²) in [6, 6.07) is 5.40. The number of nitrogens with zero attached hydrogens (tertiary/aromatic N) is 1. The molecule has 6 nitrogen and oxygen atoms in total. The number of fused-ring (bicyclic) bond motifs is 1. The Kier molecular flexibility index (Phi) is 2.71. The van der Waals surface area contributed by atoms with Crippen molar-refractivity contribution in [3.05, 3.63) is 18.2 Å². The highest BCUT2D eigenvalue weighted by Gasteiger charge is 2.32. The van der Waals surface area contributed by atoms with Gasteiger partial charge >= 0.3 is 6.09 Å². The van der Waals surface area contributed by atoms with E-state index in [0.29, 0.717) is 37.8 Å². The summed E-state index contributed by atoms with van der Waals surface area (Å²) >= 11 is 0. The van der Waals surface area contributed by atoms with Crippen molar-refractivity contribution in [1.82, 2.24) is 0 Å². The first-order valence-electron chi connectivity index (χ1n) is 5.86. The minimum Gasteiger partial charge on any atom is -0.486 e. The van der Waals surface area contributed by atoms with Crippen molar-refractivity contribution in [3.8, 4) is 11.5 Å². The molecule has 2 aliphatic rings. The van der Waals surface area contributed by atoms with Crippen molar-refractivity contribution < 1.29 is 19.0 Å². The molecule has 0 aromatic heterocycles. The van der Waals surface area contributed by atoms with E-state index in [-0.39, 0.29) is 12.2 Å². The van der Waals surface area contributed by atoms with Gasteiger partial charge in [0.05, 0.1) is 12.2 Å². The number of carbonyl (C=O) groups is 1. The zero-order valence-electron chi connectivity index (χ0n) is 9.80. The Balaban J connectivity index is 1.86. The summed E-state index contributed by atoms with van der Waals surface area (Å²) < 4.78 is 16.0. The molecule has 6 heteroatoms. The van der Waals surface area contributed by atoms with E-state index in [2.05, 4.69) is 0 Å². The summed E-state index contributed by atoms with van der Waals surface area (Å²) in [5.74, 6) is 1.36. The maximum atomic E-state index is 11.7. The van der Waals surface area contributed by atoms with E-state index in [1.165, 1.54) is 0 Å². The number of rotatable bonds is 2. The molecule has 1 aromatic rings. The van der Waals surface area contributed by atoms with Crippen LogP contribution in [0.3, 0.4) is 0 Å². The van der Waals surface area contributed by atoms with Crippen LogP contribution in [0.25, 0.3) is 0 Å². The molecule has 1 aromatic carbocycles. The molecule has 3 rings (SSSR count). The van der Waals surface area contributed by atoms with Crippen LogP contribution in [0.1, 0.15) is 0 Å². The smallest absolute Gasteiger partial charge is 0.414 e. The number of hydrogen-bond donors (Lipinski definition) is 1. The van der Waals surface area contributed by atoms with Gasteiger partial charge in [-0.25, -0.2) is 4.79 Å². The van der Waals surface area contributed by atoms with E-state index in [1.807, 2.05) is 6.07 Å². The summed E-state index contributed by atoms with van der Waals surface area (Å²) in [5.41, 5.74) is 6.23. The van der Waals surface area contributed by atoms with Gasteiger partial charge in [0.15, 0.2) is 11.5 Å². The molecule has 1 fully saturated rings.